The normalized spacial score (nSPS) is 9.79. The first-order chi connectivity index (χ1) is 6.83. The molecule has 0 unspecified atom stereocenters. The van der Waals surface area contributed by atoms with Crippen LogP contribution in [-0.2, 0) is 4.79 Å². The van der Waals surface area contributed by atoms with Crippen LogP contribution in [0.4, 0.5) is 0 Å². The lowest BCUT2D eigenvalue weighted by molar-refractivity contribution is -0.134. The average Bonchev–Trinajstić information content (AvgIpc) is 2.20. The number of unbranched alkanes of at least 4 members (excludes halogenated alkanes) is 1. The topological polar surface area (TPSA) is 26.3 Å². The molecule has 1 aromatic carbocycles. The van der Waals surface area contributed by atoms with Gasteiger partial charge in [-0.25, -0.2) is 0 Å². The molecule has 0 saturated carbocycles. The van der Waals surface area contributed by atoms with Gasteiger partial charge in [-0.05, 0) is 30.7 Å². The van der Waals surface area contributed by atoms with Crippen molar-refractivity contribution in [3.05, 3.63) is 30.3 Å². The highest BCUT2D eigenvalue weighted by molar-refractivity contribution is 7.80. The summed E-state index contributed by atoms with van der Waals surface area (Å²) in [6.45, 7) is 0. The molecule has 1 aromatic rings. The zero-order valence-corrected chi connectivity index (χ0v) is 8.87. The monoisotopic (exact) mass is 210 g/mol. The molecule has 0 amide bonds. The molecule has 0 N–H and O–H groups in total. The Kier molecular flexibility index (Phi) is 5.15. The second kappa shape index (κ2) is 6.49. The Labute approximate surface area is 89.7 Å². The Bertz CT molecular complexity index is 272. The molecule has 0 heterocycles. The second-order valence-electron chi connectivity index (χ2n) is 2.97. The molecule has 0 fully saturated rings. The molecule has 76 valence electrons. The fourth-order valence-corrected chi connectivity index (χ4v) is 1.28. The molecular weight excluding hydrogens is 196 g/mol. The number of benzene rings is 1. The number of hydrogen-bond donors (Lipinski definition) is 1. The number of carbonyl (C=O) groups is 1. The molecule has 0 radical (unpaired) electrons. The first-order valence-corrected chi connectivity index (χ1v) is 5.33. The molecule has 0 aliphatic heterocycles. The van der Waals surface area contributed by atoms with Crippen molar-refractivity contribution in [2.45, 2.75) is 19.3 Å². The smallest absolute Gasteiger partial charge is 0.311 e. The summed E-state index contributed by atoms with van der Waals surface area (Å²) in [5, 5.41) is 0. The maximum absolute atomic E-state index is 11.2. The van der Waals surface area contributed by atoms with Gasteiger partial charge >= 0.3 is 5.97 Å². The van der Waals surface area contributed by atoms with Crippen LogP contribution in [0.25, 0.3) is 0 Å². The fourth-order valence-electron chi connectivity index (χ4n) is 1.05. The van der Waals surface area contributed by atoms with E-state index in [9.17, 15) is 4.79 Å². The van der Waals surface area contributed by atoms with Gasteiger partial charge in [0.1, 0.15) is 5.75 Å². The number of para-hydroxylation sites is 1. The maximum Gasteiger partial charge on any atom is 0.311 e. The Morgan fingerprint density at radius 1 is 1.21 bits per heavy atom. The van der Waals surface area contributed by atoms with Crippen LogP contribution in [-0.4, -0.2) is 11.7 Å². The minimum atomic E-state index is -0.169. The first kappa shape index (κ1) is 11.1. The summed E-state index contributed by atoms with van der Waals surface area (Å²) in [4.78, 5) is 11.2. The molecule has 3 heteroatoms. The van der Waals surface area contributed by atoms with E-state index in [2.05, 4.69) is 12.6 Å². The minimum Gasteiger partial charge on any atom is -0.427 e. The van der Waals surface area contributed by atoms with E-state index in [0.717, 1.165) is 18.6 Å². The minimum absolute atomic E-state index is 0.169. The van der Waals surface area contributed by atoms with Crippen molar-refractivity contribution in [3.63, 3.8) is 0 Å². The van der Waals surface area contributed by atoms with Crippen LogP contribution in [0.15, 0.2) is 30.3 Å². The van der Waals surface area contributed by atoms with Gasteiger partial charge in [-0.2, -0.15) is 12.6 Å². The predicted molar refractivity (Wildman–Crippen MR) is 59.8 cm³/mol. The van der Waals surface area contributed by atoms with Crippen LogP contribution in [0.5, 0.6) is 5.75 Å². The molecule has 0 bridgehead atoms. The van der Waals surface area contributed by atoms with Crippen molar-refractivity contribution in [1.29, 1.82) is 0 Å². The molecule has 14 heavy (non-hydrogen) atoms. The van der Waals surface area contributed by atoms with Crippen LogP contribution >= 0.6 is 12.6 Å². The van der Waals surface area contributed by atoms with Crippen LogP contribution in [0.2, 0.25) is 0 Å². The van der Waals surface area contributed by atoms with Gasteiger partial charge in [0.05, 0.1) is 0 Å². The van der Waals surface area contributed by atoms with E-state index in [4.69, 9.17) is 4.74 Å². The van der Waals surface area contributed by atoms with Crippen LogP contribution < -0.4 is 4.74 Å². The van der Waals surface area contributed by atoms with Crippen molar-refractivity contribution in [1.82, 2.24) is 0 Å². The quantitative estimate of drug-likeness (QED) is 0.350. The molecule has 2 nitrogen and oxygen atoms in total. The zero-order chi connectivity index (χ0) is 10.2. The van der Waals surface area contributed by atoms with E-state index < -0.39 is 0 Å². The van der Waals surface area contributed by atoms with Crippen molar-refractivity contribution in [2.75, 3.05) is 5.75 Å². The average molecular weight is 210 g/mol. The maximum atomic E-state index is 11.2. The third kappa shape index (κ3) is 4.33. The van der Waals surface area contributed by atoms with Crippen LogP contribution in [0, 0.1) is 0 Å². The van der Waals surface area contributed by atoms with Crippen molar-refractivity contribution >= 4 is 18.6 Å². The number of thiol groups is 1. The van der Waals surface area contributed by atoms with Gasteiger partial charge in [0.25, 0.3) is 0 Å². The molecule has 0 aliphatic rings. The fraction of sp³-hybridized carbons (Fsp3) is 0.364. The van der Waals surface area contributed by atoms with Gasteiger partial charge in [-0.1, -0.05) is 18.2 Å². The molecule has 0 aromatic heterocycles. The molecule has 0 spiro atoms. The number of ether oxygens (including phenoxy) is 1. The van der Waals surface area contributed by atoms with Crippen molar-refractivity contribution in [2.24, 2.45) is 0 Å². The van der Waals surface area contributed by atoms with Gasteiger partial charge in [0.2, 0.25) is 0 Å². The number of carbonyl (C=O) groups excluding carboxylic acids is 1. The SMILES string of the molecule is O=C(CCCCS)Oc1ccccc1. The van der Waals surface area contributed by atoms with Crippen molar-refractivity contribution in [3.8, 4) is 5.75 Å². The van der Waals surface area contributed by atoms with Gasteiger partial charge in [-0.3, -0.25) is 4.79 Å². The summed E-state index contributed by atoms with van der Waals surface area (Å²) in [6.07, 6.45) is 2.26. The van der Waals surface area contributed by atoms with Crippen LogP contribution in [0.1, 0.15) is 19.3 Å². The van der Waals surface area contributed by atoms with E-state index in [1.165, 1.54) is 0 Å². The summed E-state index contributed by atoms with van der Waals surface area (Å²) in [6, 6.07) is 9.12. The lowest BCUT2D eigenvalue weighted by atomic mass is 10.2. The molecular formula is C11H14O2S. The van der Waals surface area contributed by atoms with Gasteiger partial charge < -0.3 is 4.74 Å². The van der Waals surface area contributed by atoms with Crippen molar-refractivity contribution < 1.29 is 9.53 Å². The number of hydrogen-bond acceptors (Lipinski definition) is 3. The highest BCUT2D eigenvalue weighted by atomic mass is 32.1. The summed E-state index contributed by atoms with van der Waals surface area (Å²) in [5.74, 6) is 1.26. The Morgan fingerprint density at radius 2 is 1.93 bits per heavy atom. The predicted octanol–water partition coefficient (Wildman–Crippen LogP) is 2.69. The van der Waals surface area contributed by atoms with E-state index in [0.29, 0.717) is 12.2 Å². The summed E-state index contributed by atoms with van der Waals surface area (Å²) >= 11 is 4.07. The summed E-state index contributed by atoms with van der Waals surface area (Å²) in [7, 11) is 0. The third-order valence-electron chi connectivity index (χ3n) is 1.76. The summed E-state index contributed by atoms with van der Waals surface area (Å²) < 4.78 is 5.10. The van der Waals surface area contributed by atoms with Gasteiger partial charge in [0.15, 0.2) is 0 Å². The number of rotatable bonds is 5. The summed E-state index contributed by atoms with van der Waals surface area (Å²) in [5.41, 5.74) is 0. The lowest BCUT2D eigenvalue weighted by Gasteiger charge is -2.02. The van der Waals surface area contributed by atoms with E-state index in [-0.39, 0.29) is 5.97 Å². The standard InChI is InChI=1S/C11H14O2S/c12-11(8-4-5-9-14)13-10-6-2-1-3-7-10/h1-3,6-7,14H,4-5,8-9H2. The van der Waals surface area contributed by atoms with E-state index >= 15 is 0 Å². The lowest BCUT2D eigenvalue weighted by Crippen LogP contribution is -2.07. The Balaban J connectivity index is 2.27. The largest absolute Gasteiger partial charge is 0.427 e. The molecule has 0 atom stereocenters. The highest BCUT2D eigenvalue weighted by Crippen LogP contribution is 2.10. The Morgan fingerprint density at radius 3 is 2.57 bits per heavy atom. The van der Waals surface area contributed by atoms with E-state index in [1.54, 1.807) is 12.1 Å². The van der Waals surface area contributed by atoms with Crippen LogP contribution in [0.3, 0.4) is 0 Å². The number of esters is 1. The first-order valence-electron chi connectivity index (χ1n) is 4.69. The van der Waals surface area contributed by atoms with Gasteiger partial charge in [-0.15, -0.1) is 0 Å². The highest BCUT2D eigenvalue weighted by Gasteiger charge is 2.02. The Hall–Kier alpha value is -0.960. The molecule has 1 rings (SSSR count). The van der Waals surface area contributed by atoms with Gasteiger partial charge in [0, 0.05) is 6.42 Å². The third-order valence-corrected chi connectivity index (χ3v) is 2.08. The second-order valence-corrected chi connectivity index (χ2v) is 3.42. The zero-order valence-electron chi connectivity index (χ0n) is 7.98. The molecule has 0 aliphatic carbocycles. The molecule has 0 saturated heterocycles. The van der Waals surface area contributed by atoms with E-state index in [1.807, 2.05) is 18.2 Å².